The first-order valence-electron chi connectivity index (χ1n) is 6.51. The third kappa shape index (κ3) is 3.12. The van der Waals surface area contributed by atoms with Gasteiger partial charge in [-0.2, -0.15) is 0 Å². The monoisotopic (exact) mass is 257 g/mol. The lowest BCUT2D eigenvalue weighted by Crippen LogP contribution is -2.37. The zero-order valence-corrected chi connectivity index (χ0v) is 11.3. The first-order valence-corrected chi connectivity index (χ1v) is 6.51. The van der Waals surface area contributed by atoms with E-state index in [-0.39, 0.29) is 24.5 Å². The molecule has 2 N–H and O–H groups in total. The van der Waals surface area contributed by atoms with Crippen molar-refractivity contribution < 1.29 is 9.90 Å². The number of fused-ring (bicyclic) bond motifs is 1. The molecule has 0 radical (unpaired) electrons. The van der Waals surface area contributed by atoms with Crippen LogP contribution in [0.15, 0.2) is 42.5 Å². The van der Waals surface area contributed by atoms with Crippen molar-refractivity contribution in [1.29, 1.82) is 0 Å². The molecule has 1 amide bonds. The lowest BCUT2D eigenvalue weighted by molar-refractivity contribution is -0.123. The largest absolute Gasteiger partial charge is 0.394 e. The number of carbonyl (C=O) groups excluding carboxylic acids is 1. The van der Waals surface area contributed by atoms with Crippen LogP contribution in [0.5, 0.6) is 0 Å². The lowest BCUT2D eigenvalue weighted by Gasteiger charge is -2.16. The van der Waals surface area contributed by atoms with Gasteiger partial charge in [0.15, 0.2) is 0 Å². The Bertz CT molecular complexity index is 580. The Labute approximate surface area is 113 Å². The topological polar surface area (TPSA) is 49.3 Å². The van der Waals surface area contributed by atoms with E-state index in [4.69, 9.17) is 5.11 Å². The summed E-state index contributed by atoms with van der Waals surface area (Å²) in [7, 11) is 0. The van der Waals surface area contributed by atoms with Crippen molar-refractivity contribution in [3.63, 3.8) is 0 Å². The number of amides is 1. The van der Waals surface area contributed by atoms with Crippen molar-refractivity contribution in [2.45, 2.75) is 25.8 Å². The predicted molar refractivity (Wildman–Crippen MR) is 77.1 cm³/mol. The van der Waals surface area contributed by atoms with E-state index in [1.807, 2.05) is 43.3 Å². The van der Waals surface area contributed by atoms with Gasteiger partial charge in [-0.3, -0.25) is 4.79 Å². The molecule has 2 aromatic carbocycles. The van der Waals surface area contributed by atoms with Gasteiger partial charge in [0.2, 0.25) is 5.91 Å². The number of benzene rings is 2. The second kappa shape index (κ2) is 5.85. The van der Waals surface area contributed by atoms with Gasteiger partial charge in [-0.05, 0) is 30.2 Å². The van der Waals surface area contributed by atoms with E-state index in [1.54, 1.807) is 6.92 Å². The number of hydrogen-bond donors (Lipinski definition) is 2. The average Bonchev–Trinajstić information content (AvgIpc) is 2.45. The van der Waals surface area contributed by atoms with Crippen molar-refractivity contribution in [2.75, 3.05) is 6.61 Å². The van der Waals surface area contributed by atoms with Crippen LogP contribution in [0.25, 0.3) is 10.8 Å². The fourth-order valence-corrected chi connectivity index (χ4v) is 2.04. The van der Waals surface area contributed by atoms with Gasteiger partial charge >= 0.3 is 0 Å². The molecule has 3 nitrogen and oxygen atoms in total. The Morgan fingerprint density at radius 1 is 1.16 bits per heavy atom. The molecule has 2 rings (SSSR count). The van der Waals surface area contributed by atoms with Gasteiger partial charge in [0.25, 0.3) is 0 Å². The molecule has 0 aliphatic heterocycles. The van der Waals surface area contributed by atoms with Crippen LogP contribution < -0.4 is 5.32 Å². The second-order valence-corrected chi connectivity index (χ2v) is 4.92. The number of carbonyl (C=O) groups is 1. The summed E-state index contributed by atoms with van der Waals surface area (Å²) in [6.07, 6.45) is 0. The molecular formula is C16H19NO2. The summed E-state index contributed by atoms with van der Waals surface area (Å²) in [6, 6.07) is 13.9. The number of aliphatic hydroxyl groups excluding tert-OH is 1. The minimum atomic E-state index is -0.224. The van der Waals surface area contributed by atoms with Crippen molar-refractivity contribution in [1.82, 2.24) is 5.32 Å². The number of nitrogens with one attached hydrogen (secondary N) is 1. The molecule has 0 spiro atoms. The quantitative estimate of drug-likeness (QED) is 0.884. The molecule has 100 valence electrons. The maximum atomic E-state index is 12.0. The first-order chi connectivity index (χ1) is 9.11. The molecule has 0 heterocycles. The molecule has 2 atom stereocenters. The minimum Gasteiger partial charge on any atom is -0.394 e. The van der Waals surface area contributed by atoms with Crippen LogP contribution in [-0.4, -0.2) is 23.7 Å². The van der Waals surface area contributed by atoms with Gasteiger partial charge in [-0.15, -0.1) is 0 Å². The smallest absolute Gasteiger partial charge is 0.227 e. The second-order valence-electron chi connectivity index (χ2n) is 4.92. The van der Waals surface area contributed by atoms with Gasteiger partial charge in [0.05, 0.1) is 12.5 Å². The highest BCUT2D eigenvalue weighted by Crippen LogP contribution is 2.21. The highest BCUT2D eigenvalue weighted by Gasteiger charge is 2.16. The Morgan fingerprint density at radius 2 is 1.84 bits per heavy atom. The molecule has 0 aromatic heterocycles. The van der Waals surface area contributed by atoms with Crippen LogP contribution in [0.4, 0.5) is 0 Å². The molecule has 2 unspecified atom stereocenters. The molecule has 0 bridgehead atoms. The Kier molecular flexibility index (Phi) is 4.17. The molecule has 0 fully saturated rings. The van der Waals surface area contributed by atoms with E-state index in [1.165, 1.54) is 5.39 Å². The summed E-state index contributed by atoms with van der Waals surface area (Å²) in [4.78, 5) is 12.0. The Balaban J connectivity index is 2.21. The molecule has 0 saturated carbocycles. The summed E-state index contributed by atoms with van der Waals surface area (Å²) < 4.78 is 0. The fourth-order valence-electron chi connectivity index (χ4n) is 2.04. The SMILES string of the molecule is CC(CO)NC(=O)C(C)c1ccc2ccccc2c1. The normalized spacial score (nSPS) is 14.1. The highest BCUT2D eigenvalue weighted by molar-refractivity contribution is 5.87. The van der Waals surface area contributed by atoms with Gasteiger partial charge in [-0.1, -0.05) is 42.5 Å². The van der Waals surface area contributed by atoms with Crippen LogP contribution in [-0.2, 0) is 4.79 Å². The van der Waals surface area contributed by atoms with Crippen molar-refractivity contribution in [3.8, 4) is 0 Å². The Hall–Kier alpha value is -1.87. The van der Waals surface area contributed by atoms with Crippen LogP contribution in [0.3, 0.4) is 0 Å². The van der Waals surface area contributed by atoms with Gasteiger partial charge < -0.3 is 10.4 Å². The van der Waals surface area contributed by atoms with Gasteiger partial charge in [-0.25, -0.2) is 0 Å². The molecule has 19 heavy (non-hydrogen) atoms. The van der Waals surface area contributed by atoms with Crippen LogP contribution >= 0.6 is 0 Å². The summed E-state index contributed by atoms with van der Waals surface area (Å²) >= 11 is 0. The van der Waals surface area contributed by atoms with E-state index in [0.29, 0.717) is 0 Å². The molecule has 0 aliphatic rings. The summed E-state index contributed by atoms with van der Waals surface area (Å²) in [5.74, 6) is -0.282. The minimum absolute atomic E-state index is 0.0455. The third-order valence-electron chi connectivity index (χ3n) is 3.33. The Morgan fingerprint density at radius 3 is 2.53 bits per heavy atom. The number of aliphatic hydroxyl groups is 1. The number of hydrogen-bond acceptors (Lipinski definition) is 2. The fraction of sp³-hybridized carbons (Fsp3) is 0.312. The molecule has 0 saturated heterocycles. The first kappa shape index (κ1) is 13.6. The predicted octanol–water partition coefficient (Wildman–Crippen LogP) is 2.44. The maximum absolute atomic E-state index is 12.0. The molecule has 3 heteroatoms. The van der Waals surface area contributed by atoms with Crippen LogP contribution in [0, 0.1) is 0 Å². The van der Waals surface area contributed by atoms with Crippen LogP contribution in [0.1, 0.15) is 25.3 Å². The molecule has 2 aromatic rings. The molecular weight excluding hydrogens is 238 g/mol. The standard InChI is InChI=1S/C16H19NO2/c1-11(10-18)17-16(19)12(2)14-8-7-13-5-3-4-6-15(13)9-14/h3-9,11-12,18H,10H2,1-2H3,(H,17,19). The highest BCUT2D eigenvalue weighted by atomic mass is 16.3. The average molecular weight is 257 g/mol. The summed E-state index contributed by atoms with van der Waals surface area (Å²) in [6.45, 7) is 3.62. The van der Waals surface area contributed by atoms with E-state index in [9.17, 15) is 4.79 Å². The van der Waals surface area contributed by atoms with Crippen molar-refractivity contribution in [3.05, 3.63) is 48.0 Å². The van der Waals surface area contributed by atoms with Gasteiger partial charge in [0.1, 0.15) is 0 Å². The molecule has 0 aliphatic carbocycles. The lowest BCUT2D eigenvalue weighted by atomic mass is 9.97. The van der Waals surface area contributed by atoms with E-state index in [0.717, 1.165) is 10.9 Å². The summed E-state index contributed by atoms with van der Waals surface area (Å²) in [5.41, 5.74) is 0.987. The van der Waals surface area contributed by atoms with Gasteiger partial charge in [0, 0.05) is 6.04 Å². The zero-order chi connectivity index (χ0) is 13.8. The van der Waals surface area contributed by atoms with E-state index < -0.39 is 0 Å². The van der Waals surface area contributed by atoms with Crippen LogP contribution in [0.2, 0.25) is 0 Å². The summed E-state index contributed by atoms with van der Waals surface area (Å²) in [5, 5.41) is 14.1. The van der Waals surface area contributed by atoms with E-state index in [2.05, 4.69) is 11.4 Å². The third-order valence-corrected chi connectivity index (χ3v) is 3.33. The number of rotatable bonds is 4. The zero-order valence-electron chi connectivity index (χ0n) is 11.3. The van der Waals surface area contributed by atoms with Crippen molar-refractivity contribution >= 4 is 16.7 Å². The van der Waals surface area contributed by atoms with E-state index >= 15 is 0 Å². The van der Waals surface area contributed by atoms with Crippen molar-refractivity contribution in [2.24, 2.45) is 0 Å². The maximum Gasteiger partial charge on any atom is 0.227 e.